The summed E-state index contributed by atoms with van der Waals surface area (Å²) in [7, 11) is -3.53. The van der Waals surface area contributed by atoms with Crippen LogP contribution in [0.3, 0.4) is 0 Å². The molecule has 1 heterocycles. The maximum absolute atomic E-state index is 11.5. The van der Waals surface area contributed by atoms with Gasteiger partial charge in [-0.1, -0.05) is 11.6 Å². The first-order chi connectivity index (χ1) is 8.99. The van der Waals surface area contributed by atoms with Gasteiger partial charge in [-0.2, -0.15) is 0 Å². The third-order valence-electron chi connectivity index (χ3n) is 1.93. The molecule has 7 nitrogen and oxygen atoms in total. The molecule has 9 heteroatoms. The predicted octanol–water partition coefficient (Wildman–Crippen LogP) is 1.56. The Bertz CT molecular complexity index is 611. The molecule has 112 valence electrons. The van der Waals surface area contributed by atoms with E-state index < -0.39 is 21.5 Å². The molecule has 0 saturated heterocycles. The molecule has 0 bridgehead atoms. The number of sulfone groups is 1. The number of aromatic nitrogens is 2. The highest BCUT2D eigenvalue weighted by atomic mass is 35.5. The number of nitrogens with zero attached hydrogens (tertiary/aromatic N) is 2. The summed E-state index contributed by atoms with van der Waals surface area (Å²) in [5.41, 5.74) is -0.426. The average molecular weight is 322 g/mol. The summed E-state index contributed by atoms with van der Waals surface area (Å²) >= 11 is 5.85. The molecule has 0 unspecified atom stereocenters. The van der Waals surface area contributed by atoms with Crippen molar-refractivity contribution >= 4 is 27.5 Å². The Kier molecular flexibility index (Phi) is 4.93. The topological polar surface area (TPSA) is 98.2 Å². The van der Waals surface area contributed by atoms with Gasteiger partial charge in [0.2, 0.25) is 15.0 Å². The number of nitrogens with one attached hydrogen (secondary N) is 1. The summed E-state index contributed by atoms with van der Waals surface area (Å²) in [5.74, 6) is 0. The van der Waals surface area contributed by atoms with E-state index in [1.54, 1.807) is 20.8 Å². The Hall–Kier alpha value is -1.41. The lowest BCUT2D eigenvalue weighted by Crippen LogP contribution is -2.32. The molecule has 0 aliphatic rings. The Labute approximate surface area is 122 Å². The molecule has 0 saturated carbocycles. The molecule has 0 aromatic carbocycles. The van der Waals surface area contributed by atoms with E-state index in [-0.39, 0.29) is 22.4 Å². The highest BCUT2D eigenvalue weighted by Crippen LogP contribution is 2.14. The Balaban J connectivity index is 2.81. The van der Waals surface area contributed by atoms with E-state index in [4.69, 9.17) is 16.3 Å². The van der Waals surface area contributed by atoms with Crippen molar-refractivity contribution in [2.75, 3.05) is 6.26 Å². The van der Waals surface area contributed by atoms with Crippen molar-refractivity contribution in [2.45, 2.75) is 38.1 Å². The van der Waals surface area contributed by atoms with Gasteiger partial charge in [-0.25, -0.2) is 23.2 Å². The molecule has 0 fully saturated rings. The number of amides is 1. The smallest absolute Gasteiger partial charge is 0.407 e. The van der Waals surface area contributed by atoms with E-state index in [2.05, 4.69) is 15.3 Å². The maximum atomic E-state index is 11.5. The van der Waals surface area contributed by atoms with Crippen molar-refractivity contribution in [2.24, 2.45) is 0 Å². The number of ether oxygens (including phenoxy) is 1. The van der Waals surface area contributed by atoms with Crippen LogP contribution in [-0.4, -0.2) is 36.3 Å². The van der Waals surface area contributed by atoms with Crippen molar-refractivity contribution in [3.8, 4) is 0 Å². The van der Waals surface area contributed by atoms with Gasteiger partial charge >= 0.3 is 6.09 Å². The second-order valence-corrected chi connectivity index (χ2v) is 7.39. The first-order valence-electron chi connectivity index (χ1n) is 5.67. The van der Waals surface area contributed by atoms with Crippen LogP contribution in [0.1, 0.15) is 26.5 Å². The zero-order chi connectivity index (χ0) is 15.6. The molecule has 0 spiro atoms. The van der Waals surface area contributed by atoms with Gasteiger partial charge in [0, 0.05) is 6.26 Å². The van der Waals surface area contributed by atoms with Gasteiger partial charge in [0.25, 0.3) is 0 Å². The number of carbonyl (C=O) groups is 1. The second kappa shape index (κ2) is 5.92. The van der Waals surface area contributed by atoms with Crippen molar-refractivity contribution in [1.29, 1.82) is 0 Å². The van der Waals surface area contributed by atoms with Crippen molar-refractivity contribution in [1.82, 2.24) is 15.3 Å². The fourth-order valence-electron chi connectivity index (χ4n) is 1.16. The van der Waals surface area contributed by atoms with Crippen LogP contribution in [-0.2, 0) is 21.1 Å². The van der Waals surface area contributed by atoms with Crippen LogP contribution in [0.5, 0.6) is 0 Å². The molecule has 0 aliphatic carbocycles. The molecule has 0 aliphatic heterocycles. The molecule has 1 aromatic rings. The van der Waals surface area contributed by atoms with Crippen LogP contribution in [0.4, 0.5) is 4.79 Å². The van der Waals surface area contributed by atoms with Gasteiger partial charge in [0.15, 0.2) is 0 Å². The van der Waals surface area contributed by atoms with E-state index in [0.29, 0.717) is 0 Å². The van der Waals surface area contributed by atoms with Crippen LogP contribution >= 0.6 is 11.6 Å². The summed E-state index contributed by atoms with van der Waals surface area (Å²) in [6, 6.07) is 0. The van der Waals surface area contributed by atoms with Crippen molar-refractivity contribution < 1.29 is 17.9 Å². The first kappa shape index (κ1) is 16.6. The molecule has 1 aromatic heterocycles. The van der Waals surface area contributed by atoms with Gasteiger partial charge in [0.1, 0.15) is 5.60 Å². The minimum absolute atomic E-state index is 0.0568. The summed E-state index contributed by atoms with van der Waals surface area (Å²) in [5, 5.41) is 2.26. The normalized spacial score (nSPS) is 12.1. The first-order valence-corrected chi connectivity index (χ1v) is 7.94. The van der Waals surface area contributed by atoms with E-state index in [1.165, 1.54) is 6.20 Å². The Morgan fingerprint density at radius 2 is 2.05 bits per heavy atom. The van der Waals surface area contributed by atoms with Crippen molar-refractivity contribution in [3.63, 3.8) is 0 Å². The zero-order valence-electron chi connectivity index (χ0n) is 11.6. The molecule has 1 rings (SSSR count). The van der Waals surface area contributed by atoms with Crippen LogP contribution in [0, 0.1) is 0 Å². The Morgan fingerprint density at radius 1 is 1.45 bits per heavy atom. The van der Waals surface area contributed by atoms with Crippen LogP contribution in [0.25, 0.3) is 0 Å². The number of carbonyl (C=O) groups excluding carboxylic acids is 1. The van der Waals surface area contributed by atoms with E-state index in [9.17, 15) is 13.2 Å². The number of alkyl carbamates (subject to hydrolysis) is 1. The highest BCUT2D eigenvalue weighted by Gasteiger charge is 2.18. The lowest BCUT2D eigenvalue weighted by molar-refractivity contribution is 0.0523. The third-order valence-corrected chi connectivity index (χ3v) is 3.10. The summed E-state index contributed by atoms with van der Waals surface area (Å²) in [6.45, 7) is 5.13. The largest absolute Gasteiger partial charge is 0.444 e. The fourth-order valence-corrected chi connectivity index (χ4v) is 1.83. The lowest BCUT2D eigenvalue weighted by atomic mass is 10.2. The number of hydrogen-bond donors (Lipinski definition) is 1. The third kappa shape index (κ3) is 5.30. The van der Waals surface area contributed by atoms with Gasteiger partial charge in [-0.05, 0) is 20.8 Å². The average Bonchev–Trinajstić information content (AvgIpc) is 2.24. The second-order valence-electron chi connectivity index (χ2n) is 5.07. The van der Waals surface area contributed by atoms with Gasteiger partial charge in [-0.3, -0.25) is 0 Å². The van der Waals surface area contributed by atoms with Crippen LogP contribution < -0.4 is 5.32 Å². The molecule has 0 radical (unpaired) electrons. The van der Waals surface area contributed by atoms with E-state index >= 15 is 0 Å². The fraction of sp³-hybridized carbons (Fsp3) is 0.545. The molecule has 20 heavy (non-hydrogen) atoms. The maximum Gasteiger partial charge on any atom is 0.407 e. The Morgan fingerprint density at radius 3 is 2.55 bits per heavy atom. The minimum atomic E-state index is -3.53. The van der Waals surface area contributed by atoms with Crippen LogP contribution in [0.15, 0.2) is 11.4 Å². The van der Waals surface area contributed by atoms with Gasteiger partial charge < -0.3 is 10.1 Å². The molecule has 1 N–H and O–H groups in total. The monoisotopic (exact) mass is 321 g/mol. The summed E-state index contributed by atoms with van der Waals surface area (Å²) < 4.78 is 27.7. The van der Waals surface area contributed by atoms with E-state index in [0.717, 1.165) is 6.26 Å². The number of rotatable bonds is 3. The van der Waals surface area contributed by atoms with Crippen LogP contribution in [0.2, 0.25) is 5.02 Å². The highest BCUT2D eigenvalue weighted by molar-refractivity contribution is 7.90. The number of halogens is 1. The minimum Gasteiger partial charge on any atom is -0.444 e. The predicted molar refractivity (Wildman–Crippen MR) is 73.2 cm³/mol. The molecule has 1 amide bonds. The van der Waals surface area contributed by atoms with Gasteiger partial charge in [-0.15, -0.1) is 0 Å². The SMILES string of the molecule is CC(C)(C)OC(=O)NCc1nc(S(C)(=O)=O)ncc1Cl. The lowest BCUT2D eigenvalue weighted by Gasteiger charge is -2.19. The standard InChI is InChI=1S/C11H16ClN3O4S/c1-11(2,3)19-10(16)14-6-8-7(12)5-13-9(15-8)20(4,17)18/h5H,6H2,1-4H3,(H,14,16). The van der Waals surface area contributed by atoms with E-state index in [1.807, 2.05) is 0 Å². The van der Waals surface area contributed by atoms with Gasteiger partial charge in [0.05, 0.1) is 23.5 Å². The summed E-state index contributed by atoms with van der Waals surface area (Å²) in [4.78, 5) is 18.9. The molecular formula is C11H16ClN3O4S. The molecule has 0 atom stereocenters. The zero-order valence-corrected chi connectivity index (χ0v) is 13.2. The summed E-state index contributed by atoms with van der Waals surface area (Å²) in [6.07, 6.45) is 1.52. The molecular weight excluding hydrogens is 306 g/mol. The number of hydrogen-bond acceptors (Lipinski definition) is 6. The quantitative estimate of drug-likeness (QED) is 0.848. The van der Waals surface area contributed by atoms with Crippen molar-refractivity contribution in [3.05, 3.63) is 16.9 Å².